The van der Waals surface area contributed by atoms with Gasteiger partial charge in [0, 0.05) is 23.7 Å². The molecule has 1 aromatic carbocycles. The van der Waals surface area contributed by atoms with E-state index in [0.717, 1.165) is 16.5 Å². The van der Waals surface area contributed by atoms with Crippen LogP contribution in [0.1, 0.15) is 21.6 Å². The fourth-order valence-electron chi connectivity index (χ4n) is 2.92. The number of hydroxylamine groups is 2. The van der Waals surface area contributed by atoms with Crippen LogP contribution in [0.15, 0.2) is 48.8 Å². The molecule has 3 aromatic rings. The maximum atomic E-state index is 13.0. The highest BCUT2D eigenvalue weighted by Crippen LogP contribution is 2.26. The first-order valence-electron chi connectivity index (χ1n) is 7.53. The predicted octanol–water partition coefficient (Wildman–Crippen LogP) is 3.08. The van der Waals surface area contributed by atoms with E-state index in [4.69, 9.17) is 0 Å². The van der Waals surface area contributed by atoms with Crippen LogP contribution in [-0.4, -0.2) is 32.3 Å². The average Bonchev–Trinajstić information content (AvgIpc) is 2.93. The molecule has 0 fully saturated rings. The molecule has 1 amide bonds. The molecule has 0 atom stereocenters. The monoisotopic (exact) mass is 323 g/mol. The number of halogens is 1. The summed E-state index contributed by atoms with van der Waals surface area (Å²) in [5.74, 6) is -0.775. The summed E-state index contributed by atoms with van der Waals surface area (Å²) in [5.41, 5.74) is 2.78. The molecular formula is C18H14FN3O2. The first-order valence-corrected chi connectivity index (χ1v) is 7.53. The summed E-state index contributed by atoms with van der Waals surface area (Å²) >= 11 is 0. The van der Waals surface area contributed by atoms with E-state index in [9.17, 15) is 14.4 Å². The van der Waals surface area contributed by atoms with Gasteiger partial charge in [0.05, 0.1) is 18.3 Å². The highest BCUT2D eigenvalue weighted by Gasteiger charge is 2.22. The van der Waals surface area contributed by atoms with Gasteiger partial charge in [0.2, 0.25) is 0 Å². The molecule has 2 aromatic heterocycles. The molecule has 0 spiro atoms. The van der Waals surface area contributed by atoms with E-state index in [1.165, 1.54) is 12.1 Å². The van der Waals surface area contributed by atoms with Crippen LogP contribution in [0.3, 0.4) is 0 Å². The Hall–Kier alpha value is -2.99. The number of carbonyl (C=O) groups excluding carboxylic acids is 1. The van der Waals surface area contributed by atoms with E-state index in [2.05, 4.69) is 4.98 Å². The first-order chi connectivity index (χ1) is 11.6. The standard InChI is InChI=1S/C18H14FN3O2/c19-13-5-3-12(4-6-13)11-21-9-7-14-15-2-1-8-22(24)18(23)17(15)20-10-16(14)21/h1-7,9-10,24H,8,11H2. The van der Waals surface area contributed by atoms with E-state index in [-0.39, 0.29) is 18.1 Å². The van der Waals surface area contributed by atoms with Crippen LogP contribution in [0.4, 0.5) is 4.39 Å². The topological polar surface area (TPSA) is 58.4 Å². The van der Waals surface area contributed by atoms with E-state index in [1.54, 1.807) is 30.5 Å². The number of nitrogens with zero attached hydrogens (tertiary/aromatic N) is 3. The quantitative estimate of drug-likeness (QED) is 0.737. The number of rotatable bonds is 2. The molecule has 0 saturated carbocycles. The third-order valence-corrected chi connectivity index (χ3v) is 4.13. The smallest absolute Gasteiger partial charge is 0.296 e. The highest BCUT2D eigenvalue weighted by atomic mass is 19.1. The lowest BCUT2D eigenvalue weighted by molar-refractivity contribution is -0.0494. The molecular weight excluding hydrogens is 309 g/mol. The highest BCUT2D eigenvalue weighted by molar-refractivity contribution is 6.03. The molecule has 5 nitrogen and oxygen atoms in total. The van der Waals surface area contributed by atoms with Gasteiger partial charge in [0.15, 0.2) is 0 Å². The van der Waals surface area contributed by atoms with Gasteiger partial charge < -0.3 is 4.57 Å². The van der Waals surface area contributed by atoms with Gasteiger partial charge in [0.25, 0.3) is 5.91 Å². The lowest BCUT2D eigenvalue weighted by Crippen LogP contribution is -2.27. The number of carbonyl (C=O) groups is 1. The van der Waals surface area contributed by atoms with Gasteiger partial charge in [-0.05, 0) is 23.8 Å². The van der Waals surface area contributed by atoms with Crippen LogP contribution < -0.4 is 0 Å². The largest absolute Gasteiger partial charge is 0.342 e. The maximum absolute atomic E-state index is 13.0. The van der Waals surface area contributed by atoms with E-state index >= 15 is 0 Å². The van der Waals surface area contributed by atoms with Crippen LogP contribution in [0.5, 0.6) is 0 Å². The number of aromatic nitrogens is 2. The molecule has 120 valence electrons. The molecule has 3 heterocycles. The normalized spacial score (nSPS) is 14.1. The molecule has 24 heavy (non-hydrogen) atoms. The Labute approximate surface area is 137 Å². The Morgan fingerprint density at radius 3 is 2.79 bits per heavy atom. The number of pyridine rings is 1. The minimum atomic E-state index is -0.511. The van der Waals surface area contributed by atoms with Crippen molar-refractivity contribution in [2.24, 2.45) is 0 Å². The third kappa shape index (κ3) is 2.37. The van der Waals surface area contributed by atoms with Gasteiger partial charge in [-0.1, -0.05) is 24.3 Å². The van der Waals surface area contributed by atoms with Crippen molar-refractivity contribution in [1.82, 2.24) is 14.6 Å². The SMILES string of the molecule is O=C1c2ncc3c(ccn3Cc3ccc(F)cc3)c2C=CCN1O. The van der Waals surface area contributed by atoms with Gasteiger partial charge in [-0.15, -0.1) is 0 Å². The molecule has 4 rings (SSSR count). The van der Waals surface area contributed by atoms with Crippen molar-refractivity contribution < 1.29 is 14.4 Å². The minimum absolute atomic E-state index is 0.132. The summed E-state index contributed by atoms with van der Waals surface area (Å²) in [6.07, 6.45) is 7.07. The summed E-state index contributed by atoms with van der Waals surface area (Å²) < 4.78 is 15.0. The van der Waals surface area contributed by atoms with Crippen molar-refractivity contribution in [3.8, 4) is 0 Å². The predicted molar refractivity (Wildman–Crippen MR) is 87.1 cm³/mol. The molecule has 1 N–H and O–H groups in total. The summed E-state index contributed by atoms with van der Waals surface area (Å²) in [6.45, 7) is 0.709. The van der Waals surface area contributed by atoms with E-state index < -0.39 is 5.91 Å². The van der Waals surface area contributed by atoms with Crippen molar-refractivity contribution in [3.05, 3.63) is 71.4 Å². The molecule has 6 heteroatoms. The van der Waals surface area contributed by atoms with Gasteiger partial charge in [-0.25, -0.2) is 14.4 Å². The Kier molecular flexibility index (Phi) is 3.39. The number of hydrogen-bond donors (Lipinski definition) is 1. The molecule has 1 aliphatic rings. The van der Waals surface area contributed by atoms with Crippen LogP contribution in [-0.2, 0) is 6.54 Å². The second kappa shape index (κ2) is 5.58. The minimum Gasteiger partial charge on any atom is -0.342 e. The zero-order valence-electron chi connectivity index (χ0n) is 12.7. The summed E-state index contributed by atoms with van der Waals surface area (Å²) in [6, 6.07) is 8.27. The molecule has 0 unspecified atom stereocenters. The summed E-state index contributed by atoms with van der Waals surface area (Å²) in [5, 5.41) is 11.2. The molecule has 0 aliphatic carbocycles. The zero-order valence-corrected chi connectivity index (χ0v) is 12.7. The van der Waals surface area contributed by atoms with Crippen molar-refractivity contribution in [1.29, 1.82) is 0 Å². The second-order valence-corrected chi connectivity index (χ2v) is 5.68. The maximum Gasteiger partial charge on any atom is 0.296 e. The van der Waals surface area contributed by atoms with Gasteiger partial charge in [0.1, 0.15) is 11.5 Å². The van der Waals surface area contributed by atoms with Crippen LogP contribution in [0.2, 0.25) is 0 Å². The number of hydrogen-bond acceptors (Lipinski definition) is 3. The van der Waals surface area contributed by atoms with Crippen molar-refractivity contribution in [2.75, 3.05) is 6.54 Å². The van der Waals surface area contributed by atoms with E-state index in [0.29, 0.717) is 17.2 Å². The number of amides is 1. The number of benzene rings is 1. The lowest BCUT2D eigenvalue weighted by Gasteiger charge is -2.11. The van der Waals surface area contributed by atoms with Crippen LogP contribution in [0, 0.1) is 5.82 Å². The summed E-state index contributed by atoms with van der Waals surface area (Å²) in [7, 11) is 0. The molecule has 0 bridgehead atoms. The van der Waals surface area contributed by atoms with Crippen molar-refractivity contribution >= 4 is 22.9 Å². The fourth-order valence-corrected chi connectivity index (χ4v) is 2.92. The second-order valence-electron chi connectivity index (χ2n) is 5.68. The molecule has 0 saturated heterocycles. The van der Waals surface area contributed by atoms with Gasteiger partial charge in [-0.3, -0.25) is 10.0 Å². The third-order valence-electron chi connectivity index (χ3n) is 4.13. The molecule has 1 aliphatic heterocycles. The fraction of sp³-hybridized carbons (Fsp3) is 0.111. The van der Waals surface area contributed by atoms with Gasteiger partial charge >= 0.3 is 0 Å². The average molecular weight is 323 g/mol. The Bertz CT molecular complexity index is 960. The van der Waals surface area contributed by atoms with Gasteiger partial charge in [-0.2, -0.15) is 0 Å². The Balaban J connectivity index is 1.79. The van der Waals surface area contributed by atoms with E-state index in [1.807, 2.05) is 16.8 Å². The van der Waals surface area contributed by atoms with Crippen molar-refractivity contribution in [3.63, 3.8) is 0 Å². The zero-order chi connectivity index (χ0) is 16.7. The Morgan fingerprint density at radius 1 is 1.21 bits per heavy atom. The van der Waals surface area contributed by atoms with Crippen LogP contribution >= 0.6 is 0 Å². The molecule has 0 radical (unpaired) electrons. The lowest BCUT2D eigenvalue weighted by atomic mass is 10.1. The Morgan fingerprint density at radius 2 is 2.00 bits per heavy atom. The summed E-state index contributed by atoms with van der Waals surface area (Å²) in [4.78, 5) is 16.4. The van der Waals surface area contributed by atoms with Crippen LogP contribution in [0.25, 0.3) is 17.0 Å². The van der Waals surface area contributed by atoms with Crippen molar-refractivity contribution in [2.45, 2.75) is 6.54 Å². The first kappa shape index (κ1) is 14.6. The number of fused-ring (bicyclic) bond motifs is 3.